The summed E-state index contributed by atoms with van der Waals surface area (Å²) < 4.78 is 6.03. The number of rotatable bonds is 6. The van der Waals surface area contributed by atoms with Gasteiger partial charge < -0.3 is 4.74 Å². The average molecular weight is 407 g/mol. The van der Waals surface area contributed by atoms with Crippen molar-refractivity contribution in [2.45, 2.75) is 63.8 Å². The van der Waals surface area contributed by atoms with Crippen LogP contribution >= 0.6 is 11.8 Å². The van der Waals surface area contributed by atoms with E-state index < -0.39 is 0 Å². The number of benzene rings is 2. The lowest BCUT2D eigenvalue weighted by Gasteiger charge is -2.19. The van der Waals surface area contributed by atoms with E-state index in [1.165, 1.54) is 16.7 Å². The lowest BCUT2D eigenvalue weighted by molar-refractivity contribution is 0.453. The second kappa shape index (κ2) is 9.00. The van der Waals surface area contributed by atoms with E-state index in [0.717, 1.165) is 22.4 Å². The van der Waals surface area contributed by atoms with Crippen LogP contribution in [0, 0.1) is 6.92 Å². The maximum atomic E-state index is 6.03. The lowest BCUT2D eigenvalue weighted by atomic mass is 9.87. The number of aryl methyl sites for hydroxylation is 1. The van der Waals surface area contributed by atoms with Gasteiger partial charge in [0, 0.05) is 17.5 Å². The highest BCUT2D eigenvalue weighted by Crippen LogP contribution is 2.28. The van der Waals surface area contributed by atoms with Gasteiger partial charge in [-0.15, -0.1) is 0 Å². The summed E-state index contributed by atoms with van der Waals surface area (Å²) in [5.74, 6) is 2.68. The van der Waals surface area contributed by atoms with Gasteiger partial charge in [0.25, 0.3) is 0 Å². The summed E-state index contributed by atoms with van der Waals surface area (Å²) in [4.78, 5) is 9.17. The number of thioether (sulfide) groups is 1. The zero-order valence-electron chi connectivity index (χ0n) is 18.2. The van der Waals surface area contributed by atoms with Crippen LogP contribution in [0.4, 0.5) is 0 Å². The highest BCUT2D eigenvalue weighted by Gasteiger charge is 2.13. The van der Waals surface area contributed by atoms with Crippen LogP contribution in [0.25, 0.3) is 0 Å². The van der Waals surface area contributed by atoms with Gasteiger partial charge in [-0.05, 0) is 47.1 Å². The van der Waals surface area contributed by atoms with Gasteiger partial charge >= 0.3 is 0 Å². The van der Waals surface area contributed by atoms with Crippen LogP contribution in [-0.2, 0) is 11.2 Å². The molecule has 152 valence electrons. The van der Waals surface area contributed by atoms with Crippen molar-refractivity contribution in [3.05, 3.63) is 77.0 Å². The highest BCUT2D eigenvalue weighted by atomic mass is 32.2. The molecule has 0 aliphatic rings. The molecule has 0 spiro atoms. The molecule has 1 heterocycles. The van der Waals surface area contributed by atoms with Crippen LogP contribution < -0.4 is 4.74 Å². The Morgan fingerprint density at radius 2 is 1.69 bits per heavy atom. The van der Waals surface area contributed by atoms with Crippen LogP contribution in [-0.4, -0.2) is 9.97 Å². The van der Waals surface area contributed by atoms with E-state index in [-0.39, 0.29) is 5.41 Å². The summed E-state index contributed by atoms with van der Waals surface area (Å²) >= 11 is 1.63. The van der Waals surface area contributed by atoms with Gasteiger partial charge in [0.2, 0.25) is 5.88 Å². The molecular weight excluding hydrogens is 376 g/mol. The lowest BCUT2D eigenvalue weighted by Crippen LogP contribution is -2.10. The fourth-order valence-electron chi connectivity index (χ4n) is 2.94. The molecule has 3 nitrogen and oxygen atoms in total. The van der Waals surface area contributed by atoms with Crippen LogP contribution in [0.1, 0.15) is 62.9 Å². The molecule has 0 saturated carbocycles. The predicted molar refractivity (Wildman–Crippen MR) is 122 cm³/mol. The van der Waals surface area contributed by atoms with E-state index in [0.29, 0.717) is 11.8 Å². The standard InChI is InChI=1S/C25H30N2OS/c1-17(2)20-8-7-9-22(15-20)28-23-14-18(3)26-24(27-23)29-16-19-10-12-21(13-11-19)25(4,5)6/h7-15,17H,16H2,1-6H3. The van der Waals surface area contributed by atoms with E-state index >= 15 is 0 Å². The summed E-state index contributed by atoms with van der Waals surface area (Å²) in [7, 11) is 0. The maximum absolute atomic E-state index is 6.03. The Hall–Kier alpha value is -2.33. The Morgan fingerprint density at radius 3 is 2.34 bits per heavy atom. The number of nitrogens with zero attached hydrogens (tertiary/aromatic N) is 2. The largest absolute Gasteiger partial charge is 0.439 e. The molecule has 4 heteroatoms. The van der Waals surface area contributed by atoms with E-state index in [9.17, 15) is 0 Å². The van der Waals surface area contributed by atoms with Gasteiger partial charge in [0.1, 0.15) is 5.75 Å². The first-order valence-electron chi connectivity index (χ1n) is 10.1. The summed E-state index contributed by atoms with van der Waals surface area (Å²) in [5.41, 5.74) is 4.93. The van der Waals surface area contributed by atoms with E-state index in [2.05, 4.69) is 81.0 Å². The molecular formula is C25H30N2OS. The number of ether oxygens (including phenoxy) is 1. The minimum atomic E-state index is 0.171. The fourth-order valence-corrected chi connectivity index (χ4v) is 3.79. The third-order valence-electron chi connectivity index (χ3n) is 4.75. The Labute approximate surface area is 179 Å². The first kappa shape index (κ1) is 21.4. The van der Waals surface area contributed by atoms with Gasteiger partial charge in [-0.25, -0.2) is 4.98 Å². The van der Waals surface area contributed by atoms with Crippen molar-refractivity contribution in [1.82, 2.24) is 9.97 Å². The van der Waals surface area contributed by atoms with Crippen molar-refractivity contribution in [2.75, 3.05) is 0 Å². The zero-order valence-corrected chi connectivity index (χ0v) is 19.0. The third kappa shape index (κ3) is 6.07. The van der Waals surface area contributed by atoms with E-state index in [1.807, 2.05) is 25.1 Å². The minimum Gasteiger partial charge on any atom is -0.439 e. The Kier molecular flexibility index (Phi) is 6.63. The molecule has 0 amide bonds. The Bertz CT molecular complexity index is 959. The summed E-state index contributed by atoms with van der Waals surface area (Å²) in [6, 6.07) is 18.9. The SMILES string of the molecule is Cc1cc(Oc2cccc(C(C)C)c2)nc(SCc2ccc(C(C)(C)C)cc2)n1. The van der Waals surface area contributed by atoms with Crippen LogP contribution in [0.5, 0.6) is 11.6 Å². The first-order chi connectivity index (χ1) is 13.7. The number of aromatic nitrogens is 2. The number of hydrogen-bond acceptors (Lipinski definition) is 4. The molecule has 0 aliphatic heterocycles. The van der Waals surface area contributed by atoms with Crippen molar-refractivity contribution in [2.24, 2.45) is 0 Å². The molecule has 0 unspecified atom stereocenters. The van der Waals surface area contributed by atoms with Crippen molar-refractivity contribution in [3.8, 4) is 11.6 Å². The molecule has 0 atom stereocenters. The van der Waals surface area contributed by atoms with Crippen LogP contribution in [0.3, 0.4) is 0 Å². The van der Waals surface area contributed by atoms with Gasteiger partial charge in [0.15, 0.2) is 5.16 Å². The molecule has 0 aliphatic carbocycles. The molecule has 0 fully saturated rings. The summed E-state index contributed by atoms with van der Waals surface area (Å²) in [6.45, 7) is 13.0. The molecule has 0 N–H and O–H groups in total. The monoisotopic (exact) mass is 406 g/mol. The van der Waals surface area contributed by atoms with Crippen molar-refractivity contribution < 1.29 is 4.74 Å². The molecule has 0 radical (unpaired) electrons. The molecule has 0 bridgehead atoms. The smallest absolute Gasteiger partial charge is 0.223 e. The maximum Gasteiger partial charge on any atom is 0.223 e. The van der Waals surface area contributed by atoms with Crippen LogP contribution in [0.15, 0.2) is 59.8 Å². The topological polar surface area (TPSA) is 35.0 Å². The summed E-state index contributed by atoms with van der Waals surface area (Å²) in [6.07, 6.45) is 0. The van der Waals surface area contributed by atoms with Crippen molar-refractivity contribution in [1.29, 1.82) is 0 Å². The Morgan fingerprint density at radius 1 is 0.966 bits per heavy atom. The van der Waals surface area contributed by atoms with Crippen molar-refractivity contribution >= 4 is 11.8 Å². The fraction of sp³-hybridized carbons (Fsp3) is 0.360. The van der Waals surface area contributed by atoms with Crippen LogP contribution in [0.2, 0.25) is 0 Å². The zero-order chi connectivity index (χ0) is 21.0. The first-order valence-corrected chi connectivity index (χ1v) is 11.0. The van der Waals surface area contributed by atoms with Crippen molar-refractivity contribution in [3.63, 3.8) is 0 Å². The molecule has 2 aromatic carbocycles. The minimum absolute atomic E-state index is 0.171. The Balaban J connectivity index is 1.70. The van der Waals surface area contributed by atoms with E-state index in [1.54, 1.807) is 11.8 Å². The highest BCUT2D eigenvalue weighted by molar-refractivity contribution is 7.98. The quantitative estimate of drug-likeness (QED) is 0.318. The molecule has 0 saturated heterocycles. The van der Waals surface area contributed by atoms with E-state index in [4.69, 9.17) is 4.74 Å². The normalized spacial score (nSPS) is 11.7. The predicted octanol–water partition coefficient (Wildman–Crippen LogP) is 7.29. The van der Waals surface area contributed by atoms with Gasteiger partial charge in [-0.1, -0.05) is 82.8 Å². The molecule has 29 heavy (non-hydrogen) atoms. The third-order valence-corrected chi connectivity index (χ3v) is 5.66. The number of hydrogen-bond donors (Lipinski definition) is 0. The van der Waals surface area contributed by atoms with Gasteiger partial charge in [-0.3, -0.25) is 0 Å². The second-order valence-electron chi connectivity index (χ2n) is 8.69. The second-order valence-corrected chi connectivity index (χ2v) is 9.64. The molecule has 3 aromatic rings. The average Bonchev–Trinajstić information content (AvgIpc) is 2.66. The summed E-state index contributed by atoms with van der Waals surface area (Å²) in [5, 5.41) is 0.736. The molecule has 1 aromatic heterocycles. The molecule has 3 rings (SSSR count). The van der Waals surface area contributed by atoms with Gasteiger partial charge in [-0.2, -0.15) is 4.98 Å². The van der Waals surface area contributed by atoms with Gasteiger partial charge in [0.05, 0.1) is 0 Å².